The van der Waals surface area contributed by atoms with E-state index in [9.17, 15) is 9.18 Å². The number of anilines is 1. The molecule has 0 spiro atoms. The number of aryl methyl sites for hydroxylation is 1. The summed E-state index contributed by atoms with van der Waals surface area (Å²) in [6.07, 6.45) is 3.22. The molecule has 0 saturated carbocycles. The maximum atomic E-state index is 13.2. The van der Waals surface area contributed by atoms with Crippen molar-refractivity contribution >= 4 is 44.6 Å². The van der Waals surface area contributed by atoms with Gasteiger partial charge in [0.05, 0.1) is 16.9 Å². The average Bonchev–Trinajstić information content (AvgIpc) is 2.94. The number of nitrogens with one attached hydrogen (secondary N) is 1. The molecular formula is C13H9ClFN3OS. The first-order valence-electron chi connectivity index (χ1n) is 5.72. The van der Waals surface area contributed by atoms with E-state index in [0.29, 0.717) is 25.7 Å². The van der Waals surface area contributed by atoms with E-state index in [-0.39, 0.29) is 11.7 Å². The minimum Gasteiger partial charge on any atom is -0.319 e. The van der Waals surface area contributed by atoms with Crippen LogP contribution in [0.15, 0.2) is 30.6 Å². The van der Waals surface area contributed by atoms with Gasteiger partial charge in [-0.25, -0.2) is 4.39 Å². The highest BCUT2D eigenvalue weighted by Crippen LogP contribution is 2.36. The van der Waals surface area contributed by atoms with Gasteiger partial charge >= 0.3 is 0 Å². The molecule has 2 heterocycles. The summed E-state index contributed by atoms with van der Waals surface area (Å²) in [6.45, 7) is 0. The number of thiophene rings is 1. The smallest absolute Gasteiger partial charge is 0.267 e. The van der Waals surface area contributed by atoms with Crippen LogP contribution in [0.5, 0.6) is 0 Å². The molecule has 0 bridgehead atoms. The topological polar surface area (TPSA) is 46.9 Å². The first-order valence-corrected chi connectivity index (χ1v) is 6.91. The first kappa shape index (κ1) is 13.1. The quantitative estimate of drug-likeness (QED) is 0.785. The third-order valence-corrected chi connectivity index (χ3v) is 4.42. The Morgan fingerprint density at radius 1 is 1.50 bits per heavy atom. The van der Waals surface area contributed by atoms with Crippen LogP contribution in [0.1, 0.15) is 9.67 Å². The van der Waals surface area contributed by atoms with Gasteiger partial charge in [0, 0.05) is 23.3 Å². The molecule has 4 nitrogen and oxygen atoms in total. The van der Waals surface area contributed by atoms with Gasteiger partial charge in [-0.1, -0.05) is 11.6 Å². The van der Waals surface area contributed by atoms with Gasteiger partial charge in [0.15, 0.2) is 0 Å². The van der Waals surface area contributed by atoms with Crippen LogP contribution in [0.25, 0.3) is 10.1 Å². The molecule has 1 amide bonds. The van der Waals surface area contributed by atoms with Gasteiger partial charge in [-0.05, 0) is 18.2 Å². The highest BCUT2D eigenvalue weighted by Gasteiger charge is 2.18. The van der Waals surface area contributed by atoms with Crippen LogP contribution in [-0.2, 0) is 7.05 Å². The first-order chi connectivity index (χ1) is 9.54. The van der Waals surface area contributed by atoms with E-state index in [4.69, 9.17) is 11.6 Å². The Kier molecular flexibility index (Phi) is 3.19. The van der Waals surface area contributed by atoms with Crippen LogP contribution in [0.4, 0.5) is 10.1 Å². The summed E-state index contributed by atoms with van der Waals surface area (Å²) < 4.78 is 15.4. The Morgan fingerprint density at radius 2 is 2.30 bits per heavy atom. The molecule has 0 saturated heterocycles. The fourth-order valence-electron chi connectivity index (χ4n) is 1.86. The van der Waals surface area contributed by atoms with Gasteiger partial charge in [0.1, 0.15) is 10.7 Å². The maximum Gasteiger partial charge on any atom is 0.267 e. The van der Waals surface area contributed by atoms with Crippen LogP contribution in [0.3, 0.4) is 0 Å². The SMILES string of the molecule is Cn1cc(NC(=O)c2sc3cc(F)ccc3c2Cl)cn1. The van der Waals surface area contributed by atoms with Crippen LogP contribution >= 0.6 is 22.9 Å². The van der Waals surface area contributed by atoms with Crippen molar-refractivity contribution in [1.82, 2.24) is 9.78 Å². The number of aromatic nitrogens is 2. The highest BCUT2D eigenvalue weighted by molar-refractivity contribution is 7.21. The molecule has 102 valence electrons. The number of fused-ring (bicyclic) bond motifs is 1. The fraction of sp³-hybridized carbons (Fsp3) is 0.0769. The molecule has 3 rings (SSSR count). The fourth-order valence-corrected chi connectivity index (χ4v) is 3.30. The number of benzene rings is 1. The zero-order valence-electron chi connectivity index (χ0n) is 10.4. The average molecular weight is 310 g/mol. The summed E-state index contributed by atoms with van der Waals surface area (Å²) in [4.78, 5) is 12.5. The highest BCUT2D eigenvalue weighted by atomic mass is 35.5. The van der Waals surface area contributed by atoms with Gasteiger partial charge in [-0.2, -0.15) is 5.10 Å². The molecule has 3 aromatic rings. The van der Waals surface area contributed by atoms with Crippen molar-refractivity contribution in [2.75, 3.05) is 5.32 Å². The third kappa shape index (κ3) is 2.28. The van der Waals surface area contributed by atoms with Crippen molar-refractivity contribution < 1.29 is 9.18 Å². The number of rotatable bonds is 2. The molecule has 1 N–H and O–H groups in total. The minimum absolute atomic E-state index is 0.329. The van der Waals surface area contributed by atoms with Crippen molar-refractivity contribution in [2.45, 2.75) is 0 Å². The molecule has 0 fully saturated rings. The Morgan fingerprint density at radius 3 is 3.00 bits per heavy atom. The van der Waals surface area contributed by atoms with E-state index in [0.717, 1.165) is 11.3 Å². The molecule has 1 aromatic carbocycles. The Balaban J connectivity index is 1.97. The normalized spacial score (nSPS) is 10.9. The minimum atomic E-state index is -0.352. The lowest BCUT2D eigenvalue weighted by Crippen LogP contribution is -2.09. The Bertz CT molecular complexity index is 811. The van der Waals surface area contributed by atoms with E-state index in [1.165, 1.54) is 12.1 Å². The molecule has 0 aliphatic heterocycles. The van der Waals surface area contributed by atoms with Crippen LogP contribution < -0.4 is 5.32 Å². The molecule has 2 aromatic heterocycles. The molecule has 0 radical (unpaired) electrons. The van der Waals surface area contributed by atoms with Gasteiger partial charge in [0.25, 0.3) is 5.91 Å². The number of nitrogens with zero attached hydrogens (tertiary/aromatic N) is 2. The number of halogens is 2. The predicted octanol–water partition coefficient (Wildman–Crippen LogP) is 3.68. The van der Waals surface area contributed by atoms with Gasteiger partial charge in [-0.15, -0.1) is 11.3 Å². The number of hydrogen-bond donors (Lipinski definition) is 1. The number of amides is 1. The lowest BCUT2D eigenvalue weighted by Gasteiger charge is -1.99. The molecular weight excluding hydrogens is 301 g/mol. The number of hydrogen-bond acceptors (Lipinski definition) is 3. The monoisotopic (exact) mass is 309 g/mol. The molecule has 20 heavy (non-hydrogen) atoms. The summed E-state index contributed by atoms with van der Waals surface area (Å²) in [7, 11) is 1.75. The maximum absolute atomic E-state index is 13.2. The summed E-state index contributed by atoms with van der Waals surface area (Å²) >= 11 is 7.34. The second kappa shape index (κ2) is 4.88. The summed E-state index contributed by atoms with van der Waals surface area (Å²) in [5.41, 5.74) is 0.581. The largest absolute Gasteiger partial charge is 0.319 e. The Labute approximate surface area is 122 Å². The molecule has 7 heteroatoms. The van der Waals surface area contributed by atoms with E-state index >= 15 is 0 Å². The number of carbonyl (C=O) groups excluding carboxylic acids is 1. The van der Waals surface area contributed by atoms with E-state index < -0.39 is 0 Å². The zero-order valence-corrected chi connectivity index (χ0v) is 11.9. The van der Waals surface area contributed by atoms with Crippen molar-refractivity contribution in [3.05, 3.63) is 46.3 Å². The van der Waals surface area contributed by atoms with Crippen molar-refractivity contribution in [1.29, 1.82) is 0 Å². The molecule has 0 unspecified atom stereocenters. The predicted molar refractivity (Wildman–Crippen MR) is 78.0 cm³/mol. The standard InChI is InChI=1S/C13H9ClFN3OS/c1-18-6-8(5-16-18)17-13(19)12-11(14)9-3-2-7(15)4-10(9)20-12/h2-6H,1H3,(H,17,19). The summed E-state index contributed by atoms with van der Waals surface area (Å²) in [5, 5.41) is 7.68. The van der Waals surface area contributed by atoms with Crippen LogP contribution in [-0.4, -0.2) is 15.7 Å². The lowest BCUT2D eigenvalue weighted by molar-refractivity contribution is 0.103. The van der Waals surface area contributed by atoms with E-state index in [2.05, 4.69) is 10.4 Å². The molecule has 0 aliphatic rings. The van der Waals surface area contributed by atoms with Crippen molar-refractivity contribution in [3.8, 4) is 0 Å². The van der Waals surface area contributed by atoms with E-state index in [1.54, 1.807) is 30.2 Å². The Hall–Kier alpha value is -1.92. The van der Waals surface area contributed by atoms with Gasteiger partial charge in [-0.3, -0.25) is 9.48 Å². The molecule has 0 aliphatic carbocycles. The van der Waals surface area contributed by atoms with Gasteiger partial charge in [0.2, 0.25) is 0 Å². The number of carbonyl (C=O) groups is 1. The van der Waals surface area contributed by atoms with E-state index in [1.807, 2.05) is 0 Å². The van der Waals surface area contributed by atoms with Crippen molar-refractivity contribution in [3.63, 3.8) is 0 Å². The van der Waals surface area contributed by atoms with Crippen LogP contribution in [0.2, 0.25) is 5.02 Å². The second-order valence-electron chi connectivity index (χ2n) is 4.24. The van der Waals surface area contributed by atoms with Crippen LogP contribution in [0, 0.1) is 5.82 Å². The van der Waals surface area contributed by atoms with Crippen molar-refractivity contribution in [2.24, 2.45) is 7.05 Å². The lowest BCUT2D eigenvalue weighted by atomic mass is 10.2. The van der Waals surface area contributed by atoms with Gasteiger partial charge < -0.3 is 5.32 Å². The zero-order chi connectivity index (χ0) is 14.3. The summed E-state index contributed by atoms with van der Waals surface area (Å²) in [6, 6.07) is 4.26. The molecule has 0 atom stereocenters. The summed E-state index contributed by atoms with van der Waals surface area (Å²) in [5.74, 6) is -0.681. The third-order valence-electron chi connectivity index (χ3n) is 2.76. The second-order valence-corrected chi connectivity index (χ2v) is 5.67.